The van der Waals surface area contributed by atoms with E-state index in [0.717, 1.165) is 59.7 Å². The number of anilines is 1. The van der Waals surface area contributed by atoms with E-state index in [4.69, 9.17) is 4.74 Å². The van der Waals surface area contributed by atoms with Crippen LogP contribution in [0.4, 0.5) is 5.95 Å². The van der Waals surface area contributed by atoms with Crippen LogP contribution in [0.15, 0.2) is 36.4 Å². The SMILES string of the molecule is Cc1cc(C)c(-c2nnc(N3CCOCC3)[nH]2)cc1C(=O)N1CCC(c2ccccc2C#N)CC1. The average molecular weight is 471 g/mol. The Morgan fingerprint density at radius 1 is 1.06 bits per heavy atom. The first-order valence-corrected chi connectivity index (χ1v) is 12.2. The van der Waals surface area contributed by atoms with Gasteiger partial charge in [0, 0.05) is 37.3 Å². The van der Waals surface area contributed by atoms with Crippen LogP contribution >= 0.6 is 0 Å². The number of aromatic amines is 1. The fraction of sp³-hybridized carbons (Fsp3) is 0.407. The first-order valence-electron chi connectivity index (χ1n) is 12.2. The molecule has 8 heteroatoms. The summed E-state index contributed by atoms with van der Waals surface area (Å²) in [7, 11) is 0. The molecule has 0 unspecified atom stereocenters. The van der Waals surface area contributed by atoms with E-state index in [1.165, 1.54) is 0 Å². The minimum Gasteiger partial charge on any atom is -0.378 e. The number of H-pyrrole nitrogens is 1. The monoisotopic (exact) mass is 470 g/mol. The van der Waals surface area contributed by atoms with E-state index in [2.05, 4.69) is 32.2 Å². The number of amides is 1. The van der Waals surface area contributed by atoms with Crippen molar-refractivity contribution in [2.75, 3.05) is 44.3 Å². The molecule has 0 radical (unpaired) electrons. The molecule has 8 nitrogen and oxygen atoms in total. The Morgan fingerprint density at radius 3 is 2.54 bits per heavy atom. The number of benzene rings is 2. The van der Waals surface area contributed by atoms with Gasteiger partial charge in [-0.3, -0.25) is 4.79 Å². The number of carbonyl (C=O) groups excluding carboxylic acids is 1. The molecule has 2 aliphatic rings. The lowest BCUT2D eigenvalue weighted by molar-refractivity contribution is 0.0712. The van der Waals surface area contributed by atoms with Gasteiger partial charge in [0.15, 0.2) is 5.82 Å². The first-order chi connectivity index (χ1) is 17.0. The van der Waals surface area contributed by atoms with Crippen LogP contribution in [0, 0.1) is 25.2 Å². The van der Waals surface area contributed by atoms with Crippen LogP contribution in [0.3, 0.4) is 0 Å². The maximum absolute atomic E-state index is 13.5. The Kier molecular flexibility index (Phi) is 6.51. The third kappa shape index (κ3) is 4.64. The normalized spacial score (nSPS) is 16.8. The second kappa shape index (κ2) is 9.88. The maximum Gasteiger partial charge on any atom is 0.254 e. The van der Waals surface area contributed by atoms with Crippen molar-refractivity contribution < 1.29 is 9.53 Å². The Morgan fingerprint density at radius 2 is 1.80 bits per heavy atom. The quantitative estimate of drug-likeness (QED) is 0.623. The number of ether oxygens (including phenoxy) is 1. The van der Waals surface area contributed by atoms with Gasteiger partial charge >= 0.3 is 0 Å². The molecular weight excluding hydrogens is 440 g/mol. The molecule has 1 amide bonds. The molecule has 2 saturated heterocycles. The van der Waals surface area contributed by atoms with Gasteiger partial charge in [0.2, 0.25) is 5.95 Å². The largest absolute Gasteiger partial charge is 0.378 e. The van der Waals surface area contributed by atoms with Gasteiger partial charge in [-0.1, -0.05) is 24.3 Å². The molecule has 5 rings (SSSR count). The molecule has 0 bridgehead atoms. The van der Waals surface area contributed by atoms with E-state index >= 15 is 0 Å². The Labute approximate surface area is 205 Å². The van der Waals surface area contributed by atoms with Crippen molar-refractivity contribution in [2.45, 2.75) is 32.6 Å². The molecule has 2 fully saturated rings. The van der Waals surface area contributed by atoms with Crippen molar-refractivity contribution in [3.8, 4) is 17.5 Å². The molecule has 0 atom stereocenters. The predicted molar refractivity (Wildman–Crippen MR) is 133 cm³/mol. The van der Waals surface area contributed by atoms with E-state index in [1.54, 1.807) is 0 Å². The number of aryl methyl sites for hydroxylation is 2. The number of nitrogens with one attached hydrogen (secondary N) is 1. The van der Waals surface area contributed by atoms with Gasteiger partial charge in [-0.15, -0.1) is 10.2 Å². The summed E-state index contributed by atoms with van der Waals surface area (Å²) >= 11 is 0. The molecule has 3 heterocycles. The number of hydrogen-bond acceptors (Lipinski definition) is 6. The third-order valence-corrected chi connectivity index (χ3v) is 7.15. The highest BCUT2D eigenvalue weighted by molar-refractivity contribution is 5.97. The standard InChI is InChI=1S/C27H30N6O2/c1-18-15-19(2)24(16-23(18)25-29-27(31-30-25)33-11-13-35-14-12-33)26(34)32-9-7-20(8-10-32)22-6-4-3-5-21(22)17-28/h3-6,15-16,20H,7-14H2,1-2H3,(H,29,30,31). The van der Waals surface area contributed by atoms with Crippen molar-refractivity contribution in [3.63, 3.8) is 0 Å². The summed E-state index contributed by atoms with van der Waals surface area (Å²) in [5.74, 6) is 1.75. The average Bonchev–Trinajstić information content (AvgIpc) is 3.39. The number of carbonyl (C=O) groups is 1. The van der Waals surface area contributed by atoms with Crippen molar-refractivity contribution >= 4 is 11.9 Å². The summed E-state index contributed by atoms with van der Waals surface area (Å²) in [6.45, 7) is 8.28. The van der Waals surface area contributed by atoms with Gasteiger partial charge < -0.3 is 19.5 Å². The first kappa shape index (κ1) is 23.1. The number of likely N-dealkylation sites (tertiary alicyclic amines) is 1. The lowest BCUT2D eigenvalue weighted by atomic mass is 9.86. The number of nitriles is 1. The summed E-state index contributed by atoms with van der Waals surface area (Å²) < 4.78 is 5.43. The number of piperidine rings is 1. The molecular formula is C27H30N6O2. The number of nitrogens with zero attached hydrogens (tertiary/aromatic N) is 5. The number of morpholine rings is 1. The van der Waals surface area contributed by atoms with Crippen molar-refractivity contribution in [3.05, 3.63) is 64.2 Å². The number of aromatic nitrogens is 3. The Balaban J connectivity index is 1.33. The molecule has 2 aromatic carbocycles. The minimum atomic E-state index is 0.0451. The van der Waals surface area contributed by atoms with Gasteiger partial charge in [0.05, 0.1) is 24.8 Å². The molecule has 0 spiro atoms. The maximum atomic E-state index is 13.5. The van der Waals surface area contributed by atoms with Crippen LogP contribution in [0.5, 0.6) is 0 Å². The molecule has 35 heavy (non-hydrogen) atoms. The highest BCUT2D eigenvalue weighted by atomic mass is 16.5. The van der Waals surface area contributed by atoms with Crippen molar-refractivity contribution in [1.82, 2.24) is 20.1 Å². The summed E-state index contributed by atoms with van der Waals surface area (Å²) in [4.78, 5) is 20.9. The van der Waals surface area contributed by atoms with Crippen LogP contribution < -0.4 is 4.90 Å². The summed E-state index contributed by atoms with van der Waals surface area (Å²) in [6.07, 6.45) is 1.71. The van der Waals surface area contributed by atoms with Crippen LogP contribution in [-0.2, 0) is 4.74 Å². The molecule has 3 aromatic rings. The van der Waals surface area contributed by atoms with E-state index < -0.39 is 0 Å². The predicted octanol–water partition coefficient (Wildman–Crippen LogP) is 3.82. The minimum absolute atomic E-state index is 0.0451. The molecule has 0 aliphatic carbocycles. The van der Waals surface area contributed by atoms with E-state index in [0.29, 0.717) is 43.6 Å². The van der Waals surface area contributed by atoms with Gasteiger partial charge in [0.25, 0.3) is 5.91 Å². The summed E-state index contributed by atoms with van der Waals surface area (Å²) in [5, 5.41) is 18.2. The Bertz CT molecular complexity index is 1260. The zero-order valence-electron chi connectivity index (χ0n) is 20.3. The van der Waals surface area contributed by atoms with Gasteiger partial charge in [-0.05, 0) is 61.4 Å². The fourth-order valence-electron chi connectivity index (χ4n) is 5.15. The van der Waals surface area contributed by atoms with Gasteiger partial charge in [-0.2, -0.15) is 5.26 Å². The molecule has 1 N–H and O–H groups in total. The zero-order chi connectivity index (χ0) is 24.4. The third-order valence-electron chi connectivity index (χ3n) is 7.15. The lowest BCUT2D eigenvalue weighted by Crippen LogP contribution is -2.38. The highest BCUT2D eigenvalue weighted by Crippen LogP contribution is 2.32. The fourth-order valence-corrected chi connectivity index (χ4v) is 5.15. The summed E-state index contributed by atoms with van der Waals surface area (Å²) in [5.41, 5.74) is 5.43. The van der Waals surface area contributed by atoms with E-state index in [-0.39, 0.29) is 5.91 Å². The second-order valence-corrected chi connectivity index (χ2v) is 9.34. The number of hydrogen-bond donors (Lipinski definition) is 1. The smallest absolute Gasteiger partial charge is 0.254 e. The van der Waals surface area contributed by atoms with E-state index in [9.17, 15) is 10.1 Å². The highest BCUT2D eigenvalue weighted by Gasteiger charge is 2.27. The van der Waals surface area contributed by atoms with Crippen LogP contribution in [-0.4, -0.2) is 65.4 Å². The second-order valence-electron chi connectivity index (χ2n) is 9.34. The van der Waals surface area contributed by atoms with Gasteiger partial charge in [0.1, 0.15) is 0 Å². The van der Waals surface area contributed by atoms with Crippen LogP contribution in [0.1, 0.15) is 51.4 Å². The number of rotatable bonds is 4. The van der Waals surface area contributed by atoms with Gasteiger partial charge in [-0.25, -0.2) is 0 Å². The van der Waals surface area contributed by atoms with Crippen LogP contribution in [0.25, 0.3) is 11.4 Å². The topological polar surface area (TPSA) is 98.1 Å². The molecule has 2 aliphatic heterocycles. The lowest BCUT2D eigenvalue weighted by Gasteiger charge is -2.33. The van der Waals surface area contributed by atoms with Crippen molar-refractivity contribution in [2.24, 2.45) is 0 Å². The Hall–Kier alpha value is -3.70. The summed E-state index contributed by atoms with van der Waals surface area (Å²) in [6, 6.07) is 14.1. The van der Waals surface area contributed by atoms with E-state index in [1.807, 2.05) is 49.1 Å². The molecule has 180 valence electrons. The molecule has 1 aromatic heterocycles. The molecule has 0 saturated carbocycles. The van der Waals surface area contributed by atoms with Crippen molar-refractivity contribution in [1.29, 1.82) is 5.26 Å². The zero-order valence-corrected chi connectivity index (χ0v) is 20.3. The van der Waals surface area contributed by atoms with Crippen LogP contribution in [0.2, 0.25) is 0 Å².